The molecule has 0 saturated carbocycles. The van der Waals surface area contributed by atoms with Crippen molar-refractivity contribution in [3.63, 3.8) is 0 Å². The van der Waals surface area contributed by atoms with E-state index in [9.17, 15) is 18.7 Å². The molecule has 0 spiro atoms. The second kappa shape index (κ2) is 14.2. The molecule has 2 rings (SSSR count). The molecule has 2 N–H and O–H groups in total. The lowest BCUT2D eigenvalue weighted by Crippen LogP contribution is -2.18. The molecule has 0 unspecified atom stereocenters. The number of rotatable bonds is 11. The number of aliphatic hydroxyl groups is 1. The number of hydrogen-bond donors (Lipinski definition) is 2. The number of pyridine rings is 1. The molecule has 0 aliphatic heterocycles. The predicted octanol–water partition coefficient (Wildman–Crippen LogP) is 7.05. The number of ketones is 1. The maximum Gasteiger partial charge on any atom is 0.394 e. The van der Waals surface area contributed by atoms with Gasteiger partial charge in [-0.25, -0.2) is 4.98 Å². The van der Waals surface area contributed by atoms with E-state index in [1.165, 1.54) is 18.2 Å². The quantitative estimate of drug-likeness (QED) is 0.351. The Morgan fingerprint density at radius 2 is 1.88 bits per heavy atom. The number of allylic oxidation sites excluding steroid dienone is 3. The van der Waals surface area contributed by atoms with Crippen LogP contribution in [0.2, 0.25) is 0 Å². The minimum absolute atomic E-state index is 0.0838. The van der Waals surface area contributed by atoms with Gasteiger partial charge in [-0.15, -0.1) is 0 Å². The molecule has 0 aliphatic carbocycles. The van der Waals surface area contributed by atoms with Crippen LogP contribution in [0.5, 0.6) is 5.75 Å². The normalized spacial score (nSPS) is 11.3. The molecule has 1 aromatic heterocycles. The number of benzene rings is 1. The highest BCUT2D eigenvalue weighted by molar-refractivity contribution is 5.88. The standard InChI is InChI=1S/C20H24F2N2O2.C6H10O/c1-4-6-14(5-2)18-15(13-25)11-12-23-19(18)24-16-7-9-17(10-8-16)26-20(3,21)22;1-3-5-6(7)4-2/h6-12,25H,4-5,13H2,1-3H3,(H,23,24);4H,2-3,5H2,1H3/b14-6+;. The number of ether oxygens (including phenoxy) is 1. The van der Waals surface area contributed by atoms with Gasteiger partial charge in [0, 0.05) is 30.8 Å². The van der Waals surface area contributed by atoms with Crippen LogP contribution in [0.3, 0.4) is 0 Å². The van der Waals surface area contributed by atoms with Gasteiger partial charge in [-0.05, 0) is 66.8 Å². The molecule has 5 nitrogen and oxygen atoms in total. The molecule has 7 heteroatoms. The summed E-state index contributed by atoms with van der Waals surface area (Å²) >= 11 is 0. The van der Waals surface area contributed by atoms with Gasteiger partial charge in [-0.3, -0.25) is 4.79 Å². The average Bonchev–Trinajstić information content (AvgIpc) is 2.78. The predicted molar refractivity (Wildman–Crippen MR) is 130 cm³/mol. The zero-order chi connectivity index (χ0) is 24.9. The summed E-state index contributed by atoms with van der Waals surface area (Å²) in [5, 5.41) is 12.9. The van der Waals surface area contributed by atoms with Crippen LogP contribution in [0, 0.1) is 0 Å². The number of carbonyl (C=O) groups excluding carboxylic acids is 1. The van der Waals surface area contributed by atoms with Crippen molar-refractivity contribution < 1.29 is 23.4 Å². The summed E-state index contributed by atoms with van der Waals surface area (Å²) < 4.78 is 30.4. The van der Waals surface area contributed by atoms with Crippen molar-refractivity contribution in [2.45, 2.75) is 66.1 Å². The fourth-order valence-corrected chi connectivity index (χ4v) is 3.05. The fraction of sp³-hybridized carbons (Fsp3) is 0.385. The van der Waals surface area contributed by atoms with Crippen LogP contribution >= 0.6 is 0 Å². The molecular formula is C26H34F2N2O3. The summed E-state index contributed by atoms with van der Waals surface area (Å²) in [7, 11) is 0. The van der Waals surface area contributed by atoms with E-state index in [1.54, 1.807) is 24.4 Å². The summed E-state index contributed by atoms with van der Waals surface area (Å²) in [5.74, 6) is 0.843. The van der Waals surface area contributed by atoms with Crippen LogP contribution in [-0.2, 0) is 11.4 Å². The third-order valence-corrected chi connectivity index (χ3v) is 4.50. The second-order valence-corrected chi connectivity index (χ2v) is 7.32. The molecule has 0 radical (unpaired) electrons. The molecule has 0 bridgehead atoms. The van der Waals surface area contributed by atoms with E-state index in [0.717, 1.165) is 36.0 Å². The smallest absolute Gasteiger partial charge is 0.394 e. The van der Waals surface area contributed by atoms with Gasteiger partial charge in [0.25, 0.3) is 0 Å². The van der Waals surface area contributed by atoms with Crippen LogP contribution in [0.4, 0.5) is 20.3 Å². The lowest BCUT2D eigenvalue weighted by molar-refractivity contribution is -0.158. The number of carbonyl (C=O) groups is 1. The van der Waals surface area contributed by atoms with Crippen molar-refractivity contribution in [2.24, 2.45) is 0 Å². The third kappa shape index (κ3) is 9.95. The van der Waals surface area contributed by atoms with Crippen molar-refractivity contribution in [1.29, 1.82) is 0 Å². The number of hydrogen-bond acceptors (Lipinski definition) is 5. The number of anilines is 2. The SMILES string of the molecule is C=CC(=O)CCC.CC/C=C(\CC)c1c(CO)ccnc1Nc1ccc(OC(C)(F)F)cc1. The molecule has 180 valence electrons. The van der Waals surface area contributed by atoms with E-state index < -0.39 is 6.11 Å². The van der Waals surface area contributed by atoms with Crippen molar-refractivity contribution in [2.75, 3.05) is 5.32 Å². The third-order valence-electron chi connectivity index (χ3n) is 4.50. The van der Waals surface area contributed by atoms with Gasteiger partial charge >= 0.3 is 6.11 Å². The number of aliphatic hydroxyl groups excluding tert-OH is 1. The monoisotopic (exact) mass is 460 g/mol. The number of alkyl halides is 2. The summed E-state index contributed by atoms with van der Waals surface area (Å²) in [4.78, 5) is 14.7. The minimum atomic E-state index is -3.22. The van der Waals surface area contributed by atoms with Gasteiger partial charge in [0.15, 0.2) is 5.78 Å². The van der Waals surface area contributed by atoms with E-state index in [2.05, 4.69) is 41.5 Å². The Balaban J connectivity index is 0.000000675. The number of nitrogens with one attached hydrogen (secondary N) is 1. The van der Waals surface area contributed by atoms with Gasteiger partial charge in [-0.1, -0.05) is 33.4 Å². The molecule has 33 heavy (non-hydrogen) atoms. The Bertz CT molecular complexity index is 920. The molecule has 2 aromatic rings. The van der Waals surface area contributed by atoms with Crippen molar-refractivity contribution in [1.82, 2.24) is 4.98 Å². The molecule has 0 amide bonds. The van der Waals surface area contributed by atoms with Crippen LogP contribution in [0.15, 0.2) is 55.3 Å². The molecular weight excluding hydrogens is 426 g/mol. The molecule has 0 fully saturated rings. The highest BCUT2D eigenvalue weighted by Crippen LogP contribution is 2.31. The maximum absolute atomic E-state index is 12.9. The lowest BCUT2D eigenvalue weighted by Gasteiger charge is -2.17. The Kier molecular flexibility index (Phi) is 12.0. The van der Waals surface area contributed by atoms with Gasteiger partial charge < -0.3 is 15.2 Å². The van der Waals surface area contributed by atoms with Crippen LogP contribution in [-0.4, -0.2) is 22.0 Å². The van der Waals surface area contributed by atoms with Gasteiger partial charge in [0.1, 0.15) is 11.6 Å². The zero-order valence-electron chi connectivity index (χ0n) is 19.8. The Morgan fingerprint density at radius 1 is 1.21 bits per heavy atom. The number of aromatic nitrogens is 1. The first-order chi connectivity index (χ1) is 15.7. The summed E-state index contributed by atoms with van der Waals surface area (Å²) in [6.07, 6.45) is 5.13. The molecule has 1 heterocycles. The van der Waals surface area contributed by atoms with Crippen molar-refractivity contribution in [3.8, 4) is 5.75 Å². The first kappa shape index (κ1) is 28.0. The van der Waals surface area contributed by atoms with E-state index in [-0.39, 0.29) is 18.1 Å². The highest BCUT2D eigenvalue weighted by Gasteiger charge is 2.23. The number of nitrogens with zero attached hydrogens (tertiary/aromatic N) is 1. The summed E-state index contributed by atoms with van der Waals surface area (Å²) in [6.45, 7) is 10.0. The highest BCUT2D eigenvalue weighted by atomic mass is 19.3. The van der Waals surface area contributed by atoms with E-state index in [4.69, 9.17) is 0 Å². The van der Waals surface area contributed by atoms with Crippen molar-refractivity contribution >= 4 is 22.9 Å². The lowest BCUT2D eigenvalue weighted by atomic mass is 9.98. The largest absolute Gasteiger partial charge is 0.433 e. The van der Waals surface area contributed by atoms with Crippen LogP contribution in [0.25, 0.3) is 5.57 Å². The summed E-state index contributed by atoms with van der Waals surface area (Å²) in [6, 6.07) is 8.02. The summed E-state index contributed by atoms with van der Waals surface area (Å²) in [5.41, 5.74) is 3.44. The first-order valence-electron chi connectivity index (χ1n) is 11.1. The topological polar surface area (TPSA) is 71.5 Å². The molecule has 0 atom stereocenters. The van der Waals surface area contributed by atoms with Gasteiger partial charge in [0.05, 0.1) is 6.61 Å². The Labute approximate surface area is 195 Å². The number of halogens is 2. The van der Waals surface area contributed by atoms with Crippen molar-refractivity contribution in [3.05, 3.63) is 66.4 Å². The zero-order valence-corrected chi connectivity index (χ0v) is 19.8. The van der Waals surface area contributed by atoms with E-state index in [0.29, 0.717) is 24.8 Å². The second-order valence-electron chi connectivity index (χ2n) is 7.32. The van der Waals surface area contributed by atoms with E-state index in [1.807, 2.05) is 6.92 Å². The average molecular weight is 461 g/mol. The maximum atomic E-state index is 12.9. The molecule has 0 saturated heterocycles. The first-order valence-corrected chi connectivity index (χ1v) is 11.1. The van der Waals surface area contributed by atoms with E-state index >= 15 is 0 Å². The minimum Gasteiger partial charge on any atom is -0.433 e. The molecule has 0 aliphatic rings. The van der Waals surface area contributed by atoms with Crippen LogP contribution in [0.1, 0.15) is 64.5 Å². The van der Waals surface area contributed by atoms with Gasteiger partial charge in [-0.2, -0.15) is 8.78 Å². The van der Waals surface area contributed by atoms with Gasteiger partial charge in [0.2, 0.25) is 0 Å². The Morgan fingerprint density at radius 3 is 2.33 bits per heavy atom. The fourth-order valence-electron chi connectivity index (χ4n) is 3.05. The molecule has 1 aromatic carbocycles. The van der Waals surface area contributed by atoms with Crippen LogP contribution < -0.4 is 10.1 Å². The Hall–Kier alpha value is -3.06.